The standard InChI is InChI=1S/C25H27BrN2O5/c1-25(2)13-12-20(28(25)23(30)31)21(17-8-10-18(26)11-9-17)22(29)27-19(15-33-24(27)32)14-16-6-4-3-5-7-16/h3-11,19-21H,12-15H2,1-2H3,(H,30,31)/t19-,20?,21+/m1/s1. The summed E-state index contributed by atoms with van der Waals surface area (Å²) in [6.45, 7) is 3.85. The third-order valence-corrected chi connectivity index (χ3v) is 7.16. The zero-order chi connectivity index (χ0) is 23.8. The summed E-state index contributed by atoms with van der Waals surface area (Å²) in [6.07, 6.45) is -0.117. The molecule has 0 radical (unpaired) electrons. The van der Waals surface area contributed by atoms with Gasteiger partial charge in [-0.05, 0) is 56.4 Å². The average Bonchev–Trinajstić information content (AvgIpc) is 3.29. The highest BCUT2D eigenvalue weighted by atomic mass is 79.9. The van der Waals surface area contributed by atoms with Crippen molar-refractivity contribution in [3.63, 3.8) is 0 Å². The molecule has 0 bridgehead atoms. The first-order chi connectivity index (χ1) is 15.7. The molecule has 2 aliphatic rings. The van der Waals surface area contributed by atoms with Crippen molar-refractivity contribution in [3.8, 4) is 0 Å². The van der Waals surface area contributed by atoms with Gasteiger partial charge in [-0.3, -0.25) is 9.69 Å². The van der Waals surface area contributed by atoms with E-state index in [1.54, 1.807) is 0 Å². The van der Waals surface area contributed by atoms with Crippen molar-refractivity contribution in [2.75, 3.05) is 6.61 Å². The summed E-state index contributed by atoms with van der Waals surface area (Å²) in [4.78, 5) is 41.5. The largest absolute Gasteiger partial charge is 0.465 e. The van der Waals surface area contributed by atoms with Gasteiger partial charge in [-0.25, -0.2) is 14.5 Å². The van der Waals surface area contributed by atoms with Crippen molar-refractivity contribution in [2.45, 2.75) is 56.7 Å². The van der Waals surface area contributed by atoms with Crippen LogP contribution in [0.5, 0.6) is 0 Å². The Morgan fingerprint density at radius 2 is 1.82 bits per heavy atom. The van der Waals surface area contributed by atoms with Crippen LogP contribution in [0, 0.1) is 0 Å². The minimum Gasteiger partial charge on any atom is -0.465 e. The molecule has 2 saturated heterocycles. The first kappa shape index (κ1) is 23.3. The fraction of sp³-hybridized carbons (Fsp3) is 0.400. The Bertz CT molecular complexity index is 1040. The van der Waals surface area contributed by atoms with Crippen LogP contribution in [0.3, 0.4) is 0 Å². The van der Waals surface area contributed by atoms with Gasteiger partial charge in [-0.1, -0.05) is 58.4 Å². The van der Waals surface area contributed by atoms with E-state index >= 15 is 0 Å². The van der Waals surface area contributed by atoms with E-state index in [0.717, 1.165) is 10.0 Å². The van der Waals surface area contributed by atoms with Crippen LogP contribution in [0.15, 0.2) is 59.1 Å². The molecule has 0 spiro atoms. The number of hydrogen-bond acceptors (Lipinski definition) is 4. The zero-order valence-electron chi connectivity index (χ0n) is 18.6. The fourth-order valence-corrected chi connectivity index (χ4v) is 5.30. The molecule has 8 heteroatoms. The second kappa shape index (κ2) is 9.17. The average molecular weight is 515 g/mol. The monoisotopic (exact) mass is 514 g/mol. The van der Waals surface area contributed by atoms with Crippen LogP contribution in [0.1, 0.15) is 43.7 Å². The highest BCUT2D eigenvalue weighted by Gasteiger charge is 2.51. The van der Waals surface area contributed by atoms with Crippen molar-refractivity contribution in [1.82, 2.24) is 9.80 Å². The smallest absolute Gasteiger partial charge is 0.417 e. The van der Waals surface area contributed by atoms with Crippen LogP contribution < -0.4 is 0 Å². The number of imide groups is 1. The number of carbonyl (C=O) groups excluding carboxylic acids is 2. The van der Waals surface area contributed by atoms with Crippen molar-refractivity contribution in [1.29, 1.82) is 0 Å². The van der Waals surface area contributed by atoms with Crippen LogP contribution in [0.4, 0.5) is 9.59 Å². The summed E-state index contributed by atoms with van der Waals surface area (Å²) < 4.78 is 6.13. The zero-order valence-corrected chi connectivity index (χ0v) is 20.2. The number of nitrogens with zero attached hydrogens (tertiary/aromatic N) is 2. The van der Waals surface area contributed by atoms with Crippen LogP contribution in [-0.4, -0.2) is 57.2 Å². The Hall–Kier alpha value is -2.87. The van der Waals surface area contributed by atoms with Gasteiger partial charge < -0.3 is 9.84 Å². The second-order valence-corrected chi connectivity index (χ2v) is 10.1. The number of carbonyl (C=O) groups is 3. The lowest BCUT2D eigenvalue weighted by molar-refractivity contribution is -0.132. The highest BCUT2D eigenvalue weighted by Crippen LogP contribution is 2.42. The minimum atomic E-state index is -1.07. The van der Waals surface area contributed by atoms with Crippen molar-refractivity contribution < 1.29 is 24.2 Å². The van der Waals surface area contributed by atoms with Crippen molar-refractivity contribution >= 4 is 34.0 Å². The molecule has 0 aliphatic carbocycles. The summed E-state index contributed by atoms with van der Waals surface area (Å²) in [5.41, 5.74) is 1.06. The lowest BCUT2D eigenvalue weighted by Crippen LogP contribution is -2.52. The number of rotatable bonds is 5. The number of halogens is 1. The lowest BCUT2D eigenvalue weighted by atomic mass is 9.88. The lowest BCUT2D eigenvalue weighted by Gasteiger charge is -2.37. The second-order valence-electron chi connectivity index (χ2n) is 9.23. The molecule has 2 aromatic rings. The van der Waals surface area contributed by atoms with Gasteiger partial charge >= 0.3 is 12.2 Å². The number of amides is 3. The molecule has 33 heavy (non-hydrogen) atoms. The Morgan fingerprint density at radius 1 is 1.15 bits per heavy atom. The summed E-state index contributed by atoms with van der Waals surface area (Å²) in [6, 6.07) is 15.9. The van der Waals surface area contributed by atoms with E-state index in [1.807, 2.05) is 68.4 Å². The van der Waals surface area contributed by atoms with Crippen LogP contribution in [0.2, 0.25) is 0 Å². The molecule has 7 nitrogen and oxygen atoms in total. The van der Waals surface area contributed by atoms with E-state index in [9.17, 15) is 19.5 Å². The number of benzene rings is 2. The predicted octanol–water partition coefficient (Wildman–Crippen LogP) is 5.04. The van der Waals surface area contributed by atoms with Crippen molar-refractivity contribution in [3.05, 3.63) is 70.2 Å². The van der Waals surface area contributed by atoms with Crippen LogP contribution in [-0.2, 0) is 16.0 Å². The van der Waals surface area contributed by atoms with Gasteiger partial charge in [0.2, 0.25) is 5.91 Å². The summed E-state index contributed by atoms with van der Waals surface area (Å²) in [5, 5.41) is 10.0. The molecule has 0 aromatic heterocycles. The van der Waals surface area contributed by atoms with E-state index in [2.05, 4.69) is 15.9 Å². The first-order valence-corrected chi connectivity index (χ1v) is 11.8. The van der Waals surface area contributed by atoms with E-state index in [0.29, 0.717) is 24.8 Å². The molecule has 2 aliphatic heterocycles. The van der Waals surface area contributed by atoms with E-state index in [4.69, 9.17) is 4.74 Å². The number of cyclic esters (lactones) is 1. The van der Waals surface area contributed by atoms with Gasteiger partial charge in [0.15, 0.2) is 0 Å². The third-order valence-electron chi connectivity index (χ3n) is 6.63. The molecule has 174 valence electrons. The Kier molecular flexibility index (Phi) is 6.47. The molecule has 1 unspecified atom stereocenters. The van der Waals surface area contributed by atoms with Gasteiger partial charge in [-0.2, -0.15) is 0 Å². The molecule has 3 atom stereocenters. The van der Waals surface area contributed by atoms with E-state index < -0.39 is 41.6 Å². The number of ether oxygens (including phenoxy) is 1. The van der Waals surface area contributed by atoms with Gasteiger partial charge in [0.1, 0.15) is 6.61 Å². The van der Waals surface area contributed by atoms with Gasteiger partial charge in [0, 0.05) is 10.0 Å². The highest BCUT2D eigenvalue weighted by molar-refractivity contribution is 9.10. The predicted molar refractivity (Wildman–Crippen MR) is 126 cm³/mol. The molecule has 2 fully saturated rings. The summed E-state index contributed by atoms with van der Waals surface area (Å²) in [5.74, 6) is -1.24. The molecular weight excluding hydrogens is 488 g/mol. The van der Waals surface area contributed by atoms with E-state index in [1.165, 1.54) is 9.80 Å². The normalized spacial score (nSPS) is 22.8. The topological polar surface area (TPSA) is 87.2 Å². The number of likely N-dealkylation sites (tertiary alicyclic amines) is 1. The molecule has 2 heterocycles. The maximum absolute atomic E-state index is 14.0. The van der Waals surface area contributed by atoms with Crippen molar-refractivity contribution in [2.24, 2.45) is 0 Å². The van der Waals surface area contributed by atoms with Crippen LogP contribution in [0.25, 0.3) is 0 Å². The third kappa shape index (κ3) is 4.62. The fourth-order valence-electron chi connectivity index (χ4n) is 5.03. The SMILES string of the molecule is CC1(C)CCC([C@@H](C(=O)N2C(=O)OC[C@H]2Cc2ccccc2)c2ccc(Br)cc2)N1C(=O)O. The minimum absolute atomic E-state index is 0.116. The van der Waals surface area contributed by atoms with Gasteiger partial charge in [0.25, 0.3) is 0 Å². The Balaban J connectivity index is 1.72. The molecule has 4 rings (SSSR count). The summed E-state index contributed by atoms with van der Waals surface area (Å²) in [7, 11) is 0. The molecule has 3 amide bonds. The van der Waals surface area contributed by atoms with E-state index in [-0.39, 0.29) is 6.61 Å². The Morgan fingerprint density at radius 3 is 2.45 bits per heavy atom. The first-order valence-electron chi connectivity index (χ1n) is 11.0. The van der Waals surface area contributed by atoms with Crippen LogP contribution >= 0.6 is 15.9 Å². The maximum atomic E-state index is 14.0. The molecule has 2 aromatic carbocycles. The number of hydrogen-bond donors (Lipinski definition) is 1. The Labute approximate surface area is 201 Å². The quantitative estimate of drug-likeness (QED) is 0.603. The maximum Gasteiger partial charge on any atom is 0.417 e. The summed E-state index contributed by atoms with van der Waals surface area (Å²) >= 11 is 3.42. The molecule has 0 saturated carbocycles. The number of carboxylic acid groups (broad SMARTS) is 1. The van der Waals surface area contributed by atoms with Gasteiger partial charge in [0.05, 0.1) is 18.0 Å². The molecule has 1 N–H and O–H groups in total. The van der Waals surface area contributed by atoms with Gasteiger partial charge in [-0.15, -0.1) is 0 Å². The molecular formula is C25H27BrN2O5.